The second kappa shape index (κ2) is 6.57. The SMILES string of the molecule is CN(C)c1ccc2nnc(C3CCN(S(=O)(=O)c4nccn4C)CC3)n2n1. The van der Waals surface area contributed by atoms with Crippen LogP contribution in [0.1, 0.15) is 24.6 Å². The fourth-order valence-corrected chi connectivity index (χ4v) is 4.90. The van der Waals surface area contributed by atoms with E-state index in [1.54, 1.807) is 17.8 Å². The molecule has 0 amide bonds. The van der Waals surface area contributed by atoms with Crippen molar-refractivity contribution in [1.29, 1.82) is 0 Å². The van der Waals surface area contributed by atoms with Crippen molar-refractivity contribution < 1.29 is 8.42 Å². The minimum atomic E-state index is -3.58. The van der Waals surface area contributed by atoms with Gasteiger partial charge in [-0.2, -0.15) is 8.82 Å². The molecule has 0 N–H and O–H groups in total. The zero-order chi connectivity index (χ0) is 19.2. The molecule has 4 rings (SSSR count). The Morgan fingerprint density at radius 2 is 1.89 bits per heavy atom. The van der Waals surface area contributed by atoms with E-state index in [0.717, 1.165) is 11.6 Å². The quantitative estimate of drug-likeness (QED) is 0.639. The molecule has 0 unspecified atom stereocenters. The predicted molar refractivity (Wildman–Crippen MR) is 99.1 cm³/mol. The second-order valence-corrected chi connectivity index (χ2v) is 8.74. The van der Waals surface area contributed by atoms with E-state index in [-0.39, 0.29) is 11.1 Å². The highest BCUT2D eigenvalue weighted by atomic mass is 32.2. The lowest BCUT2D eigenvalue weighted by molar-refractivity contribution is 0.309. The fraction of sp³-hybridized carbons (Fsp3) is 0.500. The molecule has 1 fully saturated rings. The van der Waals surface area contributed by atoms with Crippen molar-refractivity contribution in [3.63, 3.8) is 0 Å². The van der Waals surface area contributed by atoms with Gasteiger partial charge in [-0.1, -0.05) is 0 Å². The first kappa shape index (κ1) is 17.9. The van der Waals surface area contributed by atoms with Gasteiger partial charge in [0.2, 0.25) is 5.16 Å². The predicted octanol–water partition coefficient (Wildman–Crippen LogP) is 0.492. The zero-order valence-corrected chi connectivity index (χ0v) is 16.3. The maximum atomic E-state index is 12.8. The van der Waals surface area contributed by atoms with Crippen LogP contribution >= 0.6 is 0 Å². The van der Waals surface area contributed by atoms with Gasteiger partial charge in [0.05, 0.1) is 0 Å². The number of anilines is 1. The van der Waals surface area contributed by atoms with Crippen LogP contribution < -0.4 is 4.90 Å². The lowest BCUT2D eigenvalue weighted by atomic mass is 9.97. The van der Waals surface area contributed by atoms with Gasteiger partial charge >= 0.3 is 0 Å². The normalized spacial score (nSPS) is 16.9. The van der Waals surface area contributed by atoms with Crippen LogP contribution in [0.4, 0.5) is 5.82 Å². The highest BCUT2D eigenvalue weighted by molar-refractivity contribution is 7.89. The first-order valence-corrected chi connectivity index (χ1v) is 10.2. The van der Waals surface area contributed by atoms with E-state index < -0.39 is 10.0 Å². The zero-order valence-electron chi connectivity index (χ0n) is 15.5. The Kier molecular flexibility index (Phi) is 4.35. The van der Waals surface area contributed by atoms with Crippen LogP contribution in [0.15, 0.2) is 29.7 Å². The average Bonchev–Trinajstić information content (AvgIpc) is 3.27. The van der Waals surface area contributed by atoms with Crippen molar-refractivity contribution in [3.8, 4) is 0 Å². The van der Waals surface area contributed by atoms with E-state index in [1.807, 2.05) is 31.1 Å². The summed E-state index contributed by atoms with van der Waals surface area (Å²) in [5.41, 5.74) is 0.693. The Bertz CT molecular complexity index is 1060. The van der Waals surface area contributed by atoms with Gasteiger partial charge in [-0.25, -0.2) is 13.4 Å². The lowest BCUT2D eigenvalue weighted by Gasteiger charge is -2.29. The van der Waals surface area contributed by atoms with Crippen LogP contribution in [-0.4, -0.2) is 69.3 Å². The summed E-state index contributed by atoms with van der Waals surface area (Å²) < 4.78 is 30.4. The van der Waals surface area contributed by atoms with Crippen LogP contribution in [0.3, 0.4) is 0 Å². The van der Waals surface area contributed by atoms with E-state index in [0.29, 0.717) is 31.6 Å². The molecule has 144 valence electrons. The van der Waals surface area contributed by atoms with E-state index >= 15 is 0 Å². The topological polar surface area (TPSA) is 102 Å². The fourth-order valence-electron chi connectivity index (χ4n) is 3.36. The molecule has 1 aliphatic heterocycles. The molecule has 0 aliphatic carbocycles. The van der Waals surface area contributed by atoms with Crippen molar-refractivity contribution in [2.24, 2.45) is 7.05 Å². The number of hydrogen-bond donors (Lipinski definition) is 0. The molecule has 0 radical (unpaired) electrons. The molecule has 0 aromatic carbocycles. The van der Waals surface area contributed by atoms with E-state index in [1.165, 1.54) is 15.1 Å². The molecule has 0 saturated carbocycles. The van der Waals surface area contributed by atoms with Gasteiger partial charge in [-0.05, 0) is 25.0 Å². The second-order valence-electron chi connectivity index (χ2n) is 6.91. The van der Waals surface area contributed by atoms with Gasteiger partial charge in [-0.15, -0.1) is 15.3 Å². The first-order valence-electron chi connectivity index (χ1n) is 8.75. The van der Waals surface area contributed by atoms with Crippen LogP contribution in [0.25, 0.3) is 5.65 Å². The van der Waals surface area contributed by atoms with Crippen molar-refractivity contribution in [3.05, 3.63) is 30.4 Å². The average molecular weight is 390 g/mol. The van der Waals surface area contributed by atoms with Crippen LogP contribution in [-0.2, 0) is 17.1 Å². The molecular formula is C16H22N8O2S. The molecule has 0 bridgehead atoms. The van der Waals surface area contributed by atoms with Crippen molar-refractivity contribution in [2.75, 3.05) is 32.1 Å². The number of sulfonamides is 1. The molecule has 4 heterocycles. The molecule has 11 heteroatoms. The molecule has 3 aromatic rings. The summed E-state index contributed by atoms with van der Waals surface area (Å²) in [6.45, 7) is 0.838. The monoisotopic (exact) mass is 390 g/mol. The van der Waals surface area contributed by atoms with Crippen molar-refractivity contribution >= 4 is 21.5 Å². The summed E-state index contributed by atoms with van der Waals surface area (Å²) >= 11 is 0. The number of nitrogens with zero attached hydrogens (tertiary/aromatic N) is 8. The standard InChI is InChI=1S/C16H22N8O2S/c1-21(2)14-5-4-13-18-19-15(24(13)20-14)12-6-9-23(10-7-12)27(25,26)16-17-8-11-22(16)3/h4-5,8,11-12H,6-7,9-10H2,1-3H3. The summed E-state index contributed by atoms with van der Waals surface area (Å²) in [7, 11) is 1.96. The Morgan fingerprint density at radius 1 is 1.15 bits per heavy atom. The van der Waals surface area contributed by atoms with E-state index in [2.05, 4.69) is 20.3 Å². The third-order valence-corrected chi connectivity index (χ3v) is 6.80. The number of aryl methyl sites for hydroxylation is 1. The summed E-state index contributed by atoms with van der Waals surface area (Å²) in [5.74, 6) is 1.71. The lowest BCUT2D eigenvalue weighted by Crippen LogP contribution is -2.39. The number of piperidine rings is 1. The van der Waals surface area contributed by atoms with Gasteiger partial charge < -0.3 is 9.47 Å². The van der Waals surface area contributed by atoms with Crippen molar-refractivity contribution in [1.82, 2.24) is 33.7 Å². The van der Waals surface area contributed by atoms with Gasteiger partial charge in [-0.3, -0.25) is 0 Å². The molecule has 1 aliphatic rings. The minimum Gasteiger partial charge on any atom is -0.361 e. The Labute approximate surface area is 157 Å². The van der Waals surface area contributed by atoms with Crippen LogP contribution in [0.5, 0.6) is 0 Å². The highest BCUT2D eigenvalue weighted by Gasteiger charge is 2.34. The molecular weight excluding hydrogens is 368 g/mol. The Morgan fingerprint density at radius 3 is 2.52 bits per heavy atom. The molecule has 1 saturated heterocycles. The summed E-state index contributed by atoms with van der Waals surface area (Å²) in [6.07, 6.45) is 4.46. The largest absolute Gasteiger partial charge is 0.361 e. The highest BCUT2D eigenvalue weighted by Crippen LogP contribution is 2.29. The number of fused-ring (bicyclic) bond motifs is 1. The van der Waals surface area contributed by atoms with Gasteiger partial charge in [0, 0.05) is 52.5 Å². The molecule has 0 spiro atoms. The Balaban J connectivity index is 1.55. The smallest absolute Gasteiger partial charge is 0.276 e. The summed E-state index contributed by atoms with van der Waals surface area (Å²) in [4.78, 5) is 5.91. The Hall–Kier alpha value is -2.53. The molecule has 3 aromatic heterocycles. The number of hydrogen-bond acceptors (Lipinski definition) is 7. The van der Waals surface area contributed by atoms with Crippen molar-refractivity contribution in [2.45, 2.75) is 23.9 Å². The van der Waals surface area contributed by atoms with Gasteiger partial charge in [0.25, 0.3) is 10.0 Å². The van der Waals surface area contributed by atoms with E-state index in [4.69, 9.17) is 0 Å². The molecule has 27 heavy (non-hydrogen) atoms. The van der Waals surface area contributed by atoms with Crippen LogP contribution in [0.2, 0.25) is 0 Å². The van der Waals surface area contributed by atoms with Gasteiger partial charge in [0.1, 0.15) is 5.82 Å². The van der Waals surface area contributed by atoms with Crippen LogP contribution in [0, 0.1) is 0 Å². The maximum Gasteiger partial charge on any atom is 0.276 e. The number of imidazole rings is 1. The number of rotatable bonds is 4. The third-order valence-electron chi connectivity index (χ3n) is 4.90. The molecule has 10 nitrogen and oxygen atoms in total. The minimum absolute atomic E-state index is 0.0752. The third kappa shape index (κ3) is 3.06. The van der Waals surface area contributed by atoms with Gasteiger partial charge in [0.15, 0.2) is 11.5 Å². The molecule has 0 atom stereocenters. The van der Waals surface area contributed by atoms with E-state index in [9.17, 15) is 8.42 Å². The maximum absolute atomic E-state index is 12.8. The summed E-state index contributed by atoms with van der Waals surface area (Å²) in [5, 5.41) is 13.2. The first-order chi connectivity index (χ1) is 12.9. The number of aromatic nitrogens is 6. The summed E-state index contributed by atoms with van der Waals surface area (Å²) in [6, 6.07) is 3.79.